The first kappa shape index (κ1) is 15.0. The number of carbonyl (C=O) groups excluding carboxylic acids is 1. The van der Waals surface area contributed by atoms with E-state index in [1.54, 1.807) is 0 Å². The maximum atomic E-state index is 12.9. The fourth-order valence-corrected chi connectivity index (χ4v) is 1.39. The number of hydrogen-bond acceptors (Lipinski definition) is 4. The third-order valence-corrected chi connectivity index (χ3v) is 2.76. The number of rotatable bonds is 5. The predicted molar refractivity (Wildman–Crippen MR) is 68.2 cm³/mol. The van der Waals surface area contributed by atoms with Gasteiger partial charge in [0.1, 0.15) is 11.4 Å². The first-order valence-corrected chi connectivity index (χ1v) is 5.80. The maximum Gasteiger partial charge on any atom is 0.285 e. The van der Waals surface area contributed by atoms with Crippen molar-refractivity contribution in [3.63, 3.8) is 0 Å². The molecule has 3 N–H and O–H groups in total. The highest BCUT2D eigenvalue weighted by atomic mass is 19.1. The Labute approximate surface area is 109 Å². The molecule has 0 saturated heterocycles. The number of benzene rings is 1. The molecule has 6 nitrogen and oxygen atoms in total. The number of nitrogens with one attached hydrogen (secondary N) is 1. The van der Waals surface area contributed by atoms with Crippen LogP contribution in [-0.2, 0) is 0 Å². The van der Waals surface area contributed by atoms with Gasteiger partial charge in [-0.05, 0) is 18.1 Å². The van der Waals surface area contributed by atoms with Crippen molar-refractivity contribution in [2.24, 2.45) is 11.7 Å². The molecule has 104 valence electrons. The zero-order valence-electron chi connectivity index (χ0n) is 10.7. The van der Waals surface area contributed by atoms with Crippen molar-refractivity contribution in [2.75, 3.05) is 6.54 Å². The topological polar surface area (TPSA) is 98.3 Å². The molecule has 0 spiro atoms. The number of amides is 1. The van der Waals surface area contributed by atoms with Gasteiger partial charge in [0, 0.05) is 12.6 Å². The van der Waals surface area contributed by atoms with Crippen LogP contribution in [0.15, 0.2) is 18.2 Å². The van der Waals surface area contributed by atoms with Gasteiger partial charge in [-0.3, -0.25) is 14.9 Å². The second kappa shape index (κ2) is 6.24. The zero-order chi connectivity index (χ0) is 14.6. The van der Waals surface area contributed by atoms with E-state index in [0.717, 1.165) is 18.2 Å². The summed E-state index contributed by atoms with van der Waals surface area (Å²) in [4.78, 5) is 21.8. The average molecular weight is 269 g/mol. The summed E-state index contributed by atoms with van der Waals surface area (Å²) >= 11 is 0. The lowest BCUT2D eigenvalue weighted by atomic mass is 10.1. The average Bonchev–Trinajstić information content (AvgIpc) is 2.35. The van der Waals surface area contributed by atoms with Crippen molar-refractivity contribution in [1.82, 2.24) is 5.32 Å². The van der Waals surface area contributed by atoms with Crippen molar-refractivity contribution in [3.05, 3.63) is 39.7 Å². The van der Waals surface area contributed by atoms with Gasteiger partial charge in [0.2, 0.25) is 0 Å². The number of hydrogen-bond donors (Lipinski definition) is 2. The lowest BCUT2D eigenvalue weighted by Gasteiger charge is -2.16. The number of nitro benzene ring substituents is 1. The zero-order valence-corrected chi connectivity index (χ0v) is 10.7. The molecule has 0 aliphatic carbocycles. The lowest BCUT2D eigenvalue weighted by molar-refractivity contribution is -0.385. The molecule has 1 aromatic carbocycles. The molecule has 7 heteroatoms. The molecule has 1 unspecified atom stereocenters. The van der Waals surface area contributed by atoms with Crippen LogP contribution in [0.5, 0.6) is 0 Å². The number of halogens is 1. The second-order valence-electron chi connectivity index (χ2n) is 4.54. The standard InChI is InChI=1S/C12H16FN3O3/c1-7(2)10(14)6-15-12(17)9-4-3-8(13)5-11(9)16(18)19/h3-5,7,10H,6,14H2,1-2H3,(H,15,17). The normalized spacial score (nSPS) is 12.3. The molecule has 0 heterocycles. The minimum atomic E-state index is -0.791. The fraction of sp³-hybridized carbons (Fsp3) is 0.417. The summed E-state index contributed by atoms with van der Waals surface area (Å²) in [5.41, 5.74) is 5.02. The third-order valence-electron chi connectivity index (χ3n) is 2.76. The Morgan fingerprint density at radius 1 is 1.53 bits per heavy atom. The molecule has 19 heavy (non-hydrogen) atoms. The fourth-order valence-electron chi connectivity index (χ4n) is 1.39. The van der Waals surface area contributed by atoms with E-state index in [1.165, 1.54) is 0 Å². The smallest absolute Gasteiger partial charge is 0.285 e. The summed E-state index contributed by atoms with van der Waals surface area (Å²) in [6.07, 6.45) is 0. The molecule has 1 atom stereocenters. The molecule has 0 aliphatic rings. The van der Waals surface area contributed by atoms with Crippen LogP contribution in [-0.4, -0.2) is 23.4 Å². The second-order valence-corrected chi connectivity index (χ2v) is 4.54. The van der Waals surface area contributed by atoms with E-state index in [2.05, 4.69) is 5.32 Å². The number of nitrogens with two attached hydrogens (primary N) is 1. The number of nitro groups is 1. The monoisotopic (exact) mass is 269 g/mol. The van der Waals surface area contributed by atoms with Crippen molar-refractivity contribution in [1.29, 1.82) is 0 Å². The Bertz CT molecular complexity index is 491. The van der Waals surface area contributed by atoms with Crippen LogP contribution in [0.3, 0.4) is 0 Å². The maximum absolute atomic E-state index is 12.9. The van der Waals surface area contributed by atoms with Crippen molar-refractivity contribution in [2.45, 2.75) is 19.9 Å². The van der Waals surface area contributed by atoms with Gasteiger partial charge >= 0.3 is 0 Å². The van der Waals surface area contributed by atoms with Crippen LogP contribution in [0, 0.1) is 21.8 Å². The predicted octanol–water partition coefficient (Wildman–Crippen LogP) is 1.45. The minimum Gasteiger partial charge on any atom is -0.350 e. The first-order chi connectivity index (χ1) is 8.82. The summed E-state index contributed by atoms with van der Waals surface area (Å²) in [6.45, 7) is 4.00. The van der Waals surface area contributed by atoms with Crippen LogP contribution >= 0.6 is 0 Å². The van der Waals surface area contributed by atoms with E-state index in [9.17, 15) is 19.3 Å². The molecule has 1 amide bonds. The molecule has 1 rings (SSSR count). The van der Waals surface area contributed by atoms with Gasteiger partial charge in [0.15, 0.2) is 0 Å². The highest BCUT2D eigenvalue weighted by Gasteiger charge is 2.21. The third kappa shape index (κ3) is 3.99. The van der Waals surface area contributed by atoms with Gasteiger partial charge < -0.3 is 11.1 Å². The summed E-state index contributed by atoms with van der Waals surface area (Å²) in [6, 6.07) is 2.56. The van der Waals surface area contributed by atoms with Crippen LogP contribution in [0.1, 0.15) is 24.2 Å². The molecular formula is C12H16FN3O3. The van der Waals surface area contributed by atoms with Gasteiger partial charge in [0.25, 0.3) is 11.6 Å². The van der Waals surface area contributed by atoms with Crippen molar-refractivity contribution in [3.8, 4) is 0 Å². The Morgan fingerprint density at radius 3 is 2.68 bits per heavy atom. The Hall–Kier alpha value is -2.02. The highest BCUT2D eigenvalue weighted by molar-refractivity contribution is 5.98. The Balaban J connectivity index is 2.85. The molecule has 0 radical (unpaired) electrons. The van der Waals surface area contributed by atoms with E-state index >= 15 is 0 Å². The van der Waals surface area contributed by atoms with Crippen molar-refractivity contribution < 1.29 is 14.1 Å². The summed E-state index contributed by atoms with van der Waals surface area (Å²) in [7, 11) is 0. The van der Waals surface area contributed by atoms with Crippen LogP contribution < -0.4 is 11.1 Å². The van der Waals surface area contributed by atoms with E-state index in [4.69, 9.17) is 5.73 Å². The largest absolute Gasteiger partial charge is 0.350 e. The molecular weight excluding hydrogens is 253 g/mol. The van der Waals surface area contributed by atoms with E-state index in [-0.39, 0.29) is 24.1 Å². The highest BCUT2D eigenvalue weighted by Crippen LogP contribution is 2.19. The van der Waals surface area contributed by atoms with Crippen LogP contribution in [0.4, 0.5) is 10.1 Å². The van der Waals surface area contributed by atoms with Crippen LogP contribution in [0.25, 0.3) is 0 Å². The SMILES string of the molecule is CC(C)C(N)CNC(=O)c1ccc(F)cc1[N+](=O)[O-]. The van der Waals surface area contributed by atoms with Gasteiger partial charge in [-0.1, -0.05) is 13.8 Å². The van der Waals surface area contributed by atoms with Crippen LogP contribution in [0.2, 0.25) is 0 Å². The quantitative estimate of drug-likeness (QED) is 0.624. The van der Waals surface area contributed by atoms with Gasteiger partial charge in [-0.2, -0.15) is 0 Å². The van der Waals surface area contributed by atoms with E-state index in [1.807, 2.05) is 13.8 Å². The summed E-state index contributed by atoms with van der Waals surface area (Å²) in [5.74, 6) is -1.23. The minimum absolute atomic E-state index is 0.170. The summed E-state index contributed by atoms with van der Waals surface area (Å²) in [5, 5.41) is 13.3. The molecule has 0 bridgehead atoms. The molecule has 0 aliphatic heterocycles. The van der Waals surface area contributed by atoms with E-state index in [0.29, 0.717) is 0 Å². The molecule has 0 fully saturated rings. The van der Waals surface area contributed by atoms with Gasteiger partial charge in [0.05, 0.1) is 11.0 Å². The van der Waals surface area contributed by atoms with Gasteiger partial charge in [-0.25, -0.2) is 4.39 Å². The summed E-state index contributed by atoms with van der Waals surface area (Å²) < 4.78 is 12.9. The Morgan fingerprint density at radius 2 is 2.16 bits per heavy atom. The van der Waals surface area contributed by atoms with E-state index < -0.39 is 22.3 Å². The first-order valence-electron chi connectivity index (χ1n) is 5.80. The lowest BCUT2D eigenvalue weighted by Crippen LogP contribution is -2.40. The van der Waals surface area contributed by atoms with Crippen molar-refractivity contribution >= 4 is 11.6 Å². The molecule has 1 aromatic rings. The number of nitrogens with zero attached hydrogens (tertiary/aromatic N) is 1. The molecule has 0 aromatic heterocycles. The molecule has 0 saturated carbocycles. The number of carbonyl (C=O) groups is 1. The Kier molecular flexibility index (Phi) is 4.94. The van der Waals surface area contributed by atoms with Gasteiger partial charge in [-0.15, -0.1) is 0 Å².